The standard InChI is InChI=1S/C35H35N9O2/c1-23-18-36-34(38-26-15-14-24(2)43(20-26)35(45)46-22-25-10-6-4-7-11-25)40-32(23)29-21-44(27-12-8-5-9-13-27)33-28(29)16-17-30(39-33)31-19-37-41-42(31)3/h4-13,16-19,21,24,26H,14-15,20,22H2,1-3H3,(H,36,38,40)/t24-,26-/m1/s1. The van der Waals surface area contributed by atoms with E-state index in [1.165, 1.54) is 0 Å². The highest BCUT2D eigenvalue weighted by atomic mass is 16.6. The lowest BCUT2D eigenvalue weighted by atomic mass is 10.00. The van der Waals surface area contributed by atoms with Gasteiger partial charge in [-0.15, -0.1) is 5.10 Å². The number of hydrogen-bond donors (Lipinski definition) is 1. The summed E-state index contributed by atoms with van der Waals surface area (Å²) in [5.74, 6) is 0.518. The predicted octanol–water partition coefficient (Wildman–Crippen LogP) is 6.19. The quantitative estimate of drug-likeness (QED) is 0.227. The topological polar surface area (TPSA) is 116 Å². The van der Waals surface area contributed by atoms with E-state index in [2.05, 4.69) is 56.5 Å². The SMILES string of the molecule is Cc1cnc(N[C@@H]2CC[C@@H](C)N(C(=O)OCc3ccccc3)C2)nc1-c1cn(-c2ccccc2)c2nc(-c3cnnn3C)ccc12. The number of piperidine rings is 1. The van der Waals surface area contributed by atoms with Crippen LogP contribution in [0.4, 0.5) is 10.7 Å². The molecule has 1 aliphatic rings. The van der Waals surface area contributed by atoms with Crippen LogP contribution >= 0.6 is 0 Å². The third-order valence-corrected chi connectivity index (χ3v) is 8.54. The fourth-order valence-electron chi connectivity index (χ4n) is 5.99. The van der Waals surface area contributed by atoms with E-state index < -0.39 is 0 Å². The van der Waals surface area contributed by atoms with E-state index in [4.69, 9.17) is 14.7 Å². The molecule has 4 aromatic heterocycles. The van der Waals surface area contributed by atoms with Crippen LogP contribution in [0.2, 0.25) is 0 Å². The van der Waals surface area contributed by atoms with Gasteiger partial charge in [-0.25, -0.2) is 24.4 Å². The molecule has 0 radical (unpaired) electrons. The number of nitrogens with zero attached hydrogens (tertiary/aromatic N) is 8. The van der Waals surface area contributed by atoms with Gasteiger partial charge in [0, 0.05) is 54.7 Å². The fourth-order valence-corrected chi connectivity index (χ4v) is 5.99. The van der Waals surface area contributed by atoms with Crippen molar-refractivity contribution >= 4 is 23.1 Å². The highest BCUT2D eigenvalue weighted by molar-refractivity contribution is 5.96. The van der Waals surface area contributed by atoms with Crippen LogP contribution in [-0.2, 0) is 18.4 Å². The number of pyridine rings is 1. The molecule has 2 aromatic carbocycles. The van der Waals surface area contributed by atoms with Gasteiger partial charge in [0.2, 0.25) is 5.95 Å². The summed E-state index contributed by atoms with van der Waals surface area (Å²) in [4.78, 5) is 29.6. The van der Waals surface area contributed by atoms with E-state index in [0.29, 0.717) is 12.5 Å². The van der Waals surface area contributed by atoms with Crippen molar-refractivity contribution in [3.63, 3.8) is 0 Å². The molecular weight excluding hydrogens is 578 g/mol. The normalized spacial score (nSPS) is 16.5. The molecular formula is C35H35N9O2. The van der Waals surface area contributed by atoms with E-state index >= 15 is 0 Å². The van der Waals surface area contributed by atoms with Crippen molar-refractivity contribution in [1.82, 2.24) is 39.4 Å². The largest absolute Gasteiger partial charge is 0.445 e. The summed E-state index contributed by atoms with van der Waals surface area (Å²) in [7, 11) is 1.86. The Labute approximate surface area is 266 Å². The number of para-hydroxylation sites is 1. The van der Waals surface area contributed by atoms with E-state index in [1.54, 1.807) is 15.8 Å². The van der Waals surface area contributed by atoms with Crippen molar-refractivity contribution in [3.05, 3.63) is 103 Å². The monoisotopic (exact) mass is 613 g/mol. The van der Waals surface area contributed by atoms with Crippen molar-refractivity contribution < 1.29 is 9.53 Å². The summed E-state index contributed by atoms with van der Waals surface area (Å²) in [6.45, 7) is 4.83. The Morgan fingerprint density at radius 3 is 2.52 bits per heavy atom. The fraction of sp³-hybridized carbons (Fsp3) is 0.257. The number of aryl methyl sites for hydroxylation is 2. The molecule has 0 spiro atoms. The minimum absolute atomic E-state index is 0.0154. The summed E-state index contributed by atoms with van der Waals surface area (Å²) in [5, 5.41) is 12.6. The number of rotatable bonds is 7. The number of fused-ring (bicyclic) bond motifs is 1. The Balaban J connectivity index is 1.17. The summed E-state index contributed by atoms with van der Waals surface area (Å²) < 4.78 is 9.47. The van der Waals surface area contributed by atoms with Crippen molar-refractivity contribution in [2.24, 2.45) is 7.05 Å². The van der Waals surface area contributed by atoms with E-state index in [9.17, 15) is 4.79 Å². The van der Waals surface area contributed by atoms with Crippen LogP contribution < -0.4 is 5.32 Å². The number of nitrogens with one attached hydrogen (secondary N) is 1. The first kappa shape index (κ1) is 29.1. The number of aromatic nitrogens is 7. The Morgan fingerprint density at radius 2 is 1.76 bits per heavy atom. The molecule has 1 amide bonds. The summed E-state index contributed by atoms with van der Waals surface area (Å²) in [5.41, 5.74) is 7.08. The molecule has 46 heavy (non-hydrogen) atoms. The van der Waals surface area contributed by atoms with Crippen molar-refractivity contribution in [3.8, 4) is 28.3 Å². The summed E-state index contributed by atoms with van der Waals surface area (Å²) in [6, 6.07) is 24.0. The molecule has 0 bridgehead atoms. The maximum Gasteiger partial charge on any atom is 0.410 e. The van der Waals surface area contributed by atoms with Gasteiger partial charge in [0.15, 0.2) is 0 Å². The molecule has 1 N–H and O–H groups in total. The van der Waals surface area contributed by atoms with Crippen molar-refractivity contribution in [1.29, 1.82) is 0 Å². The second-order valence-electron chi connectivity index (χ2n) is 11.7. The first-order chi connectivity index (χ1) is 22.4. The number of benzene rings is 2. The Kier molecular flexibility index (Phi) is 7.88. The lowest BCUT2D eigenvalue weighted by molar-refractivity contribution is 0.0695. The van der Waals surface area contributed by atoms with Gasteiger partial charge < -0.3 is 19.5 Å². The first-order valence-corrected chi connectivity index (χ1v) is 15.4. The molecule has 7 rings (SSSR count). The molecule has 0 saturated carbocycles. The minimum atomic E-state index is -0.309. The number of carbonyl (C=O) groups excluding carboxylic acids is 1. The number of amides is 1. The highest BCUT2D eigenvalue weighted by Gasteiger charge is 2.30. The van der Waals surface area contributed by atoms with Gasteiger partial charge in [-0.2, -0.15) is 0 Å². The minimum Gasteiger partial charge on any atom is -0.445 e. The number of likely N-dealkylation sites (tertiary alicyclic amines) is 1. The predicted molar refractivity (Wildman–Crippen MR) is 176 cm³/mol. The summed E-state index contributed by atoms with van der Waals surface area (Å²) >= 11 is 0. The van der Waals surface area contributed by atoms with Gasteiger partial charge >= 0.3 is 6.09 Å². The number of carbonyl (C=O) groups is 1. The molecule has 2 atom stereocenters. The third kappa shape index (κ3) is 5.79. The average Bonchev–Trinajstić information content (AvgIpc) is 3.69. The molecule has 6 aromatic rings. The van der Waals surface area contributed by atoms with Gasteiger partial charge in [0.05, 0.1) is 17.6 Å². The van der Waals surface area contributed by atoms with Gasteiger partial charge in [-0.1, -0.05) is 53.7 Å². The molecule has 1 saturated heterocycles. The molecule has 5 heterocycles. The number of hydrogen-bond acceptors (Lipinski definition) is 8. The smallest absolute Gasteiger partial charge is 0.410 e. The van der Waals surface area contributed by atoms with E-state index in [-0.39, 0.29) is 24.8 Å². The number of ether oxygens (including phenoxy) is 1. The maximum absolute atomic E-state index is 13.1. The van der Waals surface area contributed by atoms with Crippen LogP contribution in [0, 0.1) is 6.92 Å². The van der Waals surface area contributed by atoms with Gasteiger partial charge in [-0.3, -0.25) is 0 Å². The van der Waals surface area contributed by atoms with E-state index in [1.807, 2.05) is 74.8 Å². The molecule has 11 nitrogen and oxygen atoms in total. The zero-order valence-corrected chi connectivity index (χ0v) is 26.0. The van der Waals surface area contributed by atoms with Crippen LogP contribution in [0.1, 0.15) is 30.9 Å². The van der Waals surface area contributed by atoms with Crippen molar-refractivity contribution in [2.45, 2.75) is 45.4 Å². The maximum atomic E-state index is 13.1. The molecule has 0 aliphatic carbocycles. The van der Waals surface area contributed by atoms with Crippen molar-refractivity contribution in [2.75, 3.05) is 11.9 Å². The third-order valence-electron chi connectivity index (χ3n) is 8.54. The Morgan fingerprint density at radius 1 is 0.978 bits per heavy atom. The van der Waals surface area contributed by atoms with Crippen LogP contribution in [-0.4, -0.2) is 64.1 Å². The zero-order valence-electron chi connectivity index (χ0n) is 26.0. The number of anilines is 1. The molecule has 232 valence electrons. The Bertz CT molecular complexity index is 1990. The van der Waals surface area contributed by atoms with Gasteiger partial charge in [0.25, 0.3) is 0 Å². The first-order valence-electron chi connectivity index (χ1n) is 15.4. The highest BCUT2D eigenvalue weighted by Crippen LogP contribution is 2.34. The second-order valence-corrected chi connectivity index (χ2v) is 11.7. The second kappa shape index (κ2) is 12.4. The lowest BCUT2D eigenvalue weighted by Gasteiger charge is -2.37. The molecule has 11 heteroatoms. The van der Waals surface area contributed by atoms with Crippen LogP contribution in [0.3, 0.4) is 0 Å². The van der Waals surface area contributed by atoms with Crippen LogP contribution in [0.5, 0.6) is 0 Å². The van der Waals surface area contributed by atoms with Gasteiger partial charge in [-0.05, 0) is 62.1 Å². The van der Waals surface area contributed by atoms with E-state index in [0.717, 1.165) is 63.3 Å². The average molecular weight is 614 g/mol. The van der Waals surface area contributed by atoms with Gasteiger partial charge in [0.1, 0.15) is 17.9 Å². The molecule has 0 unspecified atom stereocenters. The zero-order chi connectivity index (χ0) is 31.6. The van der Waals surface area contributed by atoms with Crippen LogP contribution in [0.25, 0.3) is 39.4 Å². The lowest BCUT2D eigenvalue weighted by Crippen LogP contribution is -2.50. The molecule has 1 fully saturated rings. The summed E-state index contributed by atoms with van der Waals surface area (Å²) in [6.07, 6.45) is 7.07. The Hall–Kier alpha value is -5.58. The molecule has 1 aliphatic heterocycles. The van der Waals surface area contributed by atoms with Crippen LogP contribution in [0.15, 0.2) is 91.4 Å².